The number of nitrogens with zero attached hydrogens (tertiary/aromatic N) is 4. The average Bonchev–Trinajstić information content (AvgIpc) is 3.09. The monoisotopic (exact) mass is 486 g/mol. The van der Waals surface area contributed by atoms with Crippen molar-refractivity contribution in [1.29, 1.82) is 0 Å². The smallest absolute Gasteiger partial charge is 0.283 e. The number of thiazole rings is 1. The van der Waals surface area contributed by atoms with Crippen LogP contribution in [-0.4, -0.2) is 47.5 Å². The molecule has 13 heteroatoms. The SMILES string of the molecule is CC(C)CC(CO)Nc1nc(SC(C)c2ncccc2F)nc2nc(NP(O)O)sc12. The van der Waals surface area contributed by atoms with Gasteiger partial charge in [0.2, 0.25) is 0 Å². The molecule has 2 unspecified atom stereocenters. The molecule has 31 heavy (non-hydrogen) atoms. The maximum absolute atomic E-state index is 14.1. The first-order chi connectivity index (χ1) is 14.8. The van der Waals surface area contributed by atoms with Crippen molar-refractivity contribution < 1.29 is 19.3 Å². The van der Waals surface area contributed by atoms with E-state index < -0.39 is 14.3 Å². The van der Waals surface area contributed by atoms with Gasteiger partial charge < -0.3 is 20.2 Å². The van der Waals surface area contributed by atoms with Crippen LogP contribution in [-0.2, 0) is 0 Å². The maximum Gasteiger partial charge on any atom is 0.283 e. The lowest BCUT2D eigenvalue weighted by Crippen LogP contribution is -2.26. The first-order valence-corrected chi connectivity index (χ1v) is 12.5. The van der Waals surface area contributed by atoms with E-state index >= 15 is 0 Å². The van der Waals surface area contributed by atoms with Crippen LogP contribution in [0.1, 0.15) is 38.1 Å². The van der Waals surface area contributed by atoms with Gasteiger partial charge in [-0.05, 0) is 31.4 Å². The Morgan fingerprint density at radius 2 is 2.00 bits per heavy atom. The predicted molar refractivity (Wildman–Crippen MR) is 123 cm³/mol. The van der Waals surface area contributed by atoms with E-state index in [0.29, 0.717) is 38.1 Å². The number of aliphatic hydroxyl groups excluding tert-OH is 1. The molecule has 5 N–H and O–H groups in total. The van der Waals surface area contributed by atoms with Crippen LogP contribution >= 0.6 is 31.6 Å². The fourth-order valence-corrected chi connectivity index (χ4v) is 5.18. The second-order valence-electron chi connectivity index (χ2n) is 7.21. The number of aliphatic hydroxyl groups is 1. The van der Waals surface area contributed by atoms with Crippen molar-refractivity contribution in [2.24, 2.45) is 5.92 Å². The van der Waals surface area contributed by atoms with Gasteiger partial charge >= 0.3 is 0 Å². The number of hydrogen-bond donors (Lipinski definition) is 5. The summed E-state index contributed by atoms with van der Waals surface area (Å²) in [5.74, 6) is 0.430. The van der Waals surface area contributed by atoms with Crippen molar-refractivity contribution in [1.82, 2.24) is 19.9 Å². The van der Waals surface area contributed by atoms with Gasteiger partial charge in [-0.2, -0.15) is 4.98 Å². The molecular weight excluding hydrogens is 462 g/mol. The molecule has 0 radical (unpaired) electrons. The van der Waals surface area contributed by atoms with Crippen LogP contribution in [0.2, 0.25) is 0 Å². The molecule has 0 amide bonds. The number of anilines is 2. The summed E-state index contributed by atoms with van der Waals surface area (Å²) in [5, 5.41) is 15.8. The Bertz CT molecular complexity index is 1030. The fourth-order valence-electron chi connectivity index (χ4n) is 2.94. The van der Waals surface area contributed by atoms with Crippen molar-refractivity contribution in [3.8, 4) is 0 Å². The van der Waals surface area contributed by atoms with Crippen LogP contribution in [0.4, 0.5) is 15.3 Å². The topological polar surface area (TPSA) is 136 Å². The molecule has 0 spiro atoms. The van der Waals surface area contributed by atoms with E-state index in [4.69, 9.17) is 0 Å². The number of hydrogen-bond acceptors (Lipinski definition) is 11. The average molecular weight is 487 g/mol. The number of fused-ring (bicyclic) bond motifs is 1. The molecule has 0 saturated carbocycles. The zero-order valence-electron chi connectivity index (χ0n) is 17.2. The van der Waals surface area contributed by atoms with E-state index in [1.807, 2.05) is 6.92 Å². The minimum atomic E-state index is -2.38. The second kappa shape index (κ2) is 10.8. The summed E-state index contributed by atoms with van der Waals surface area (Å²) in [6, 6.07) is 2.66. The highest BCUT2D eigenvalue weighted by Crippen LogP contribution is 2.39. The molecule has 9 nitrogen and oxygen atoms in total. The summed E-state index contributed by atoms with van der Waals surface area (Å²) in [5.41, 5.74) is 0.657. The van der Waals surface area contributed by atoms with Gasteiger partial charge in [0, 0.05) is 6.20 Å². The molecule has 0 aliphatic rings. The first-order valence-electron chi connectivity index (χ1n) is 9.54. The highest BCUT2D eigenvalue weighted by Gasteiger charge is 2.21. The van der Waals surface area contributed by atoms with Crippen LogP contribution < -0.4 is 10.4 Å². The van der Waals surface area contributed by atoms with Crippen molar-refractivity contribution in [3.05, 3.63) is 29.8 Å². The molecule has 0 bridgehead atoms. The number of rotatable bonds is 10. The summed E-state index contributed by atoms with van der Waals surface area (Å²) in [6.07, 6.45) is 2.26. The van der Waals surface area contributed by atoms with Gasteiger partial charge in [-0.3, -0.25) is 10.1 Å². The number of nitrogens with one attached hydrogen (secondary N) is 2. The number of thioether (sulfide) groups is 1. The molecule has 0 saturated heterocycles. The lowest BCUT2D eigenvalue weighted by molar-refractivity contribution is 0.259. The number of halogens is 1. The van der Waals surface area contributed by atoms with Crippen LogP contribution in [0.15, 0.2) is 23.5 Å². The highest BCUT2D eigenvalue weighted by molar-refractivity contribution is 7.99. The summed E-state index contributed by atoms with van der Waals surface area (Å²) in [4.78, 5) is 36.0. The standard InChI is InChI=1S/C18H24FN6O3PS2/c1-9(2)7-11(8-26)21-15-14-16(24-18(31-14)25-29(27)28)23-17(22-15)30-10(3)13-12(19)5-4-6-20-13/h4-6,9-11,26-28H,7-8H2,1-3H3,(H2,21,22,23,24,25). The molecule has 3 aromatic rings. The lowest BCUT2D eigenvalue weighted by atomic mass is 10.0. The van der Waals surface area contributed by atoms with Gasteiger partial charge in [0.05, 0.1) is 23.6 Å². The zero-order valence-corrected chi connectivity index (χ0v) is 19.7. The normalized spacial score (nSPS) is 13.7. The Morgan fingerprint density at radius 3 is 2.65 bits per heavy atom. The van der Waals surface area contributed by atoms with Crippen LogP contribution in [0.3, 0.4) is 0 Å². The Hall–Kier alpha value is -1.69. The number of pyridine rings is 1. The minimum Gasteiger partial charge on any atom is -0.394 e. The van der Waals surface area contributed by atoms with E-state index in [9.17, 15) is 19.3 Å². The highest BCUT2D eigenvalue weighted by atomic mass is 32.2. The van der Waals surface area contributed by atoms with Crippen LogP contribution in [0, 0.1) is 11.7 Å². The summed E-state index contributed by atoms with van der Waals surface area (Å²) in [6.45, 7) is 5.85. The zero-order chi connectivity index (χ0) is 22.5. The predicted octanol–water partition coefficient (Wildman–Crippen LogP) is 3.92. The van der Waals surface area contributed by atoms with E-state index in [-0.39, 0.29) is 17.9 Å². The number of aromatic nitrogens is 4. The molecule has 168 valence electrons. The van der Waals surface area contributed by atoms with Gasteiger partial charge in [0.1, 0.15) is 10.5 Å². The third kappa shape index (κ3) is 6.41. The van der Waals surface area contributed by atoms with Crippen molar-refractivity contribution in [2.45, 2.75) is 43.6 Å². The van der Waals surface area contributed by atoms with Gasteiger partial charge in [-0.1, -0.05) is 36.9 Å². The van der Waals surface area contributed by atoms with Gasteiger partial charge in [0.25, 0.3) is 8.53 Å². The van der Waals surface area contributed by atoms with Crippen molar-refractivity contribution in [3.63, 3.8) is 0 Å². The van der Waals surface area contributed by atoms with Gasteiger partial charge in [-0.15, -0.1) is 0 Å². The first kappa shape index (κ1) is 24.0. The maximum atomic E-state index is 14.1. The molecule has 3 rings (SSSR count). The van der Waals surface area contributed by atoms with E-state index in [0.717, 1.165) is 6.42 Å². The quantitative estimate of drug-likeness (QED) is 0.163. The molecule has 0 aromatic carbocycles. The minimum absolute atomic E-state index is 0.0792. The van der Waals surface area contributed by atoms with Crippen molar-refractivity contribution in [2.75, 3.05) is 17.0 Å². The Labute approximate surface area is 188 Å². The molecule has 0 aliphatic heterocycles. The Balaban J connectivity index is 1.96. The second-order valence-corrected chi connectivity index (χ2v) is 10.3. The van der Waals surface area contributed by atoms with Crippen molar-refractivity contribution >= 4 is 52.9 Å². The molecule has 3 heterocycles. The van der Waals surface area contributed by atoms with Crippen LogP contribution in [0.25, 0.3) is 10.3 Å². The third-order valence-electron chi connectivity index (χ3n) is 4.20. The summed E-state index contributed by atoms with van der Waals surface area (Å²) >= 11 is 2.41. The lowest BCUT2D eigenvalue weighted by Gasteiger charge is -2.19. The van der Waals surface area contributed by atoms with Gasteiger partial charge in [-0.25, -0.2) is 14.4 Å². The van der Waals surface area contributed by atoms with E-state index in [1.54, 1.807) is 0 Å². The van der Waals surface area contributed by atoms with Gasteiger partial charge in [0.15, 0.2) is 21.8 Å². The molecular formula is C18H24FN6O3PS2. The summed E-state index contributed by atoms with van der Waals surface area (Å²) < 4.78 is 14.7. The molecule has 0 fully saturated rings. The van der Waals surface area contributed by atoms with Crippen LogP contribution in [0.5, 0.6) is 0 Å². The largest absolute Gasteiger partial charge is 0.394 e. The Morgan fingerprint density at radius 1 is 1.23 bits per heavy atom. The molecule has 0 aliphatic carbocycles. The fraction of sp³-hybridized carbons (Fsp3) is 0.444. The summed E-state index contributed by atoms with van der Waals surface area (Å²) in [7, 11) is -2.38. The van der Waals surface area contributed by atoms with E-state index in [2.05, 4.69) is 44.2 Å². The molecule has 3 aromatic heterocycles. The third-order valence-corrected chi connectivity index (χ3v) is 6.70. The molecule has 2 atom stereocenters. The van der Waals surface area contributed by atoms with E-state index in [1.165, 1.54) is 41.4 Å². The Kier molecular flexibility index (Phi) is 8.31.